The molecule has 1 aromatic heterocycles. The number of carbonyl (C=O) groups excluding carboxylic acids is 1. The van der Waals surface area contributed by atoms with E-state index in [0.717, 1.165) is 5.56 Å². The first kappa shape index (κ1) is 13.4. The zero-order valence-electron chi connectivity index (χ0n) is 10.7. The van der Waals surface area contributed by atoms with Gasteiger partial charge in [0.05, 0.1) is 11.8 Å². The molecule has 106 valence electrons. The average molecular weight is 304 g/mol. The summed E-state index contributed by atoms with van der Waals surface area (Å²) in [4.78, 5) is 15.7. The molecule has 0 unspecified atom stereocenters. The highest BCUT2D eigenvalue weighted by atomic mass is 35.5. The maximum absolute atomic E-state index is 11.8. The molecule has 0 saturated carbocycles. The van der Waals surface area contributed by atoms with Crippen molar-refractivity contribution < 1.29 is 14.3 Å². The highest BCUT2D eigenvalue weighted by molar-refractivity contribution is 6.32. The molecule has 21 heavy (non-hydrogen) atoms. The monoisotopic (exact) mass is 303 g/mol. The Bertz CT molecular complexity index is 718. The van der Waals surface area contributed by atoms with Crippen molar-refractivity contribution in [3.05, 3.63) is 52.8 Å². The van der Waals surface area contributed by atoms with E-state index in [1.807, 2.05) is 0 Å². The van der Waals surface area contributed by atoms with Gasteiger partial charge in [0.2, 0.25) is 6.79 Å². The van der Waals surface area contributed by atoms with Crippen molar-refractivity contribution >= 4 is 23.7 Å². The van der Waals surface area contributed by atoms with Crippen molar-refractivity contribution in [2.24, 2.45) is 5.10 Å². The Kier molecular flexibility index (Phi) is 3.70. The molecule has 1 aromatic carbocycles. The second kappa shape index (κ2) is 5.80. The second-order valence-corrected chi connectivity index (χ2v) is 4.51. The summed E-state index contributed by atoms with van der Waals surface area (Å²) >= 11 is 5.82. The minimum absolute atomic E-state index is 0.133. The summed E-state index contributed by atoms with van der Waals surface area (Å²) in [6.45, 7) is 0.214. The summed E-state index contributed by atoms with van der Waals surface area (Å²) in [5.41, 5.74) is 3.43. The number of nitrogens with one attached hydrogen (secondary N) is 1. The van der Waals surface area contributed by atoms with Gasteiger partial charge in [0.15, 0.2) is 11.5 Å². The first-order valence-electron chi connectivity index (χ1n) is 6.07. The number of benzene rings is 1. The van der Waals surface area contributed by atoms with Crippen LogP contribution in [0.5, 0.6) is 11.5 Å². The van der Waals surface area contributed by atoms with Crippen LogP contribution in [-0.2, 0) is 0 Å². The van der Waals surface area contributed by atoms with Crippen LogP contribution in [0.3, 0.4) is 0 Å². The number of halogens is 1. The molecule has 0 spiro atoms. The average Bonchev–Trinajstić information content (AvgIpc) is 2.95. The Morgan fingerprint density at radius 1 is 1.33 bits per heavy atom. The molecule has 0 saturated heterocycles. The van der Waals surface area contributed by atoms with Crippen LogP contribution in [0.25, 0.3) is 0 Å². The Morgan fingerprint density at radius 3 is 3.05 bits per heavy atom. The molecule has 0 radical (unpaired) electrons. The highest BCUT2D eigenvalue weighted by Gasteiger charge is 2.12. The highest BCUT2D eigenvalue weighted by Crippen LogP contribution is 2.31. The number of nitrogens with zero attached hydrogens (tertiary/aromatic N) is 2. The summed E-state index contributed by atoms with van der Waals surface area (Å²) in [5, 5.41) is 4.01. The van der Waals surface area contributed by atoms with Gasteiger partial charge in [-0.15, -0.1) is 0 Å². The molecule has 1 aliphatic heterocycles. The third-order valence-electron chi connectivity index (χ3n) is 2.78. The third kappa shape index (κ3) is 2.95. The maximum Gasteiger partial charge on any atom is 0.274 e. The van der Waals surface area contributed by atoms with E-state index >= 15 is 0 Å². The minimum atomic E-state index is -0.426. The van der Waals surface area contributed by atoms with Crippen LogP contribution in [-0.4, -0.2) is 23.9 Å². The van der Waals surface area contributed by atoms with Gasteiger partial charge in [0, 0.05) is 6.20 Å². The molecule has 0 aliphatic carbocycles. The van der Waals surface area contributed by atoms with Crippen molar-refractivity contribution in [2.45, 2.75) is 0 Å². The number of fused-ring (bicyclic) bond motifs is 1. The fraction of sp³-hybridized carbons (Fsp3) is 0.0714. The zero-order valence-corrected chi connectivity index (χ0v) is 11.5. The van der Waals surface area contributed by atoms with Gasteiger partial charge in [-0.1, -0.05) is 11.6 Å². The molecular weight excluding hydrogens is 294 g/mol. The maximum atomic E-state index is 11.8. The smallest absolute Gasteiger partial charge is 0.274 e. The van der Waals surface area contributed by atoms with E-state index in [4.69, 9.17) is 21.1 Å². The molecule has 7 heteroatoms. The van der Waals surface area contributed by atoms with E-state index in [0.29, 0.717) is 11.5 Å². The van der Waals surface area contributed by atoms with Crippen molar-refractivity contribution in [1.29, 1.82) is 0 Å². The first-order chi connectivity index (χ1) is 10.2. The van der Waals surface area contributed by atoms with Gasteiger partial charge in [-0.3, -0.25) is 4.79 Å². The summed E-state index contributed by atoms with van der Waals surface area (Å²) < 4.78 is 10.5. The van der Waals surface area contributed by atoms with E-state index in [1.165, 1.54) is 12.4 Å². The Morgan fingerprint density at radius 2 is 2.19 bits per heavy atom. The lowest BCUT2D eigenvalue weighted by Crippen LogP contribution is -2.18. The molecule has 2 aromatic rings. The van der Waals surface area contributed by atoms with Crippen LogP contribution in [0.4, 0.5) is 0 Å². The van der Waals surface area contributed by atoms with Crippen LogP contribution in [0.1, 0.15) is 15.9 Å². The van der Waals surface area contributed by atoms with E-state index in [-0.39, 0.29) is 17.5 Å². The summed E-state index contributed by atoms with van der Waals surface area (Å²) in [6, 6.07) is 8.56. The lowest BCUT2D eigenvalue weighted by atomic mass is 10.2. The predicted octanol–water partition coefficient (Wildman–Crippen LogP) is 2.23. The van der Waals surface area contributed by atoms with Gasteiger partial charge in [0.25, 0.3) is 5.91 Å². The number of hydrazone groups is 1. The molecule has 1 N–H and O–H groups in total. The van der Waals surface area contributed by atoms with Crippen molar-refractivity contribution in [3.8, 4) is 11.5 Å². The first-order valence-corrected chi connectivity index (χ1v) is 6.45. The number of pyridine rings is 1. The molecule has 1 aliphatic rings. The fourth-order valence-electron chi connectivity index (χ4n) is 1.77. The third-order valence-corrected chi connectivity index (χ3v) is 3.08. The van der Waals surface area contributed by atoms with Gasteiger partial charge in [-0.2, -0.15) is 5.10 Å². The Labute approximate surface area is 125 Å². The molecular formula is C14H10ClN3O3. The number of rotatable bonds is 3. The van der Waals surface area contributed by atoms with Crippen molar-refractivity contribution in [3.63, 3.8) is 0 Å². The van der Waals surface area contributed by atoms with Crippen molar-refractivity contribution in [1.82, 2.24) is 10.4 Å². The number of aromatic nitrogens is 1. The van der Waals surface area contributed by atoms with E-state index in [1.54, 1.807) is 30.3 Å². The van der Waals surface area contributed by atoms with E-state index in [9.17, 15) is 4.79 Å². The van der Waals surface area contributed by atoms with Gasteiger partial charge in [-0.05, 0) is 35.9 Å². The molecule has 0 bridgehead atoms. The number of hydrogen-bond donors (Lipinski definition) is 1. The van der Waals surface area contributed by atoms with Gasteiger partial charge < -0.3 is 9.47 Å². The summed E-state index contributed by atoms with van der Waals surface area (Å²) in [5.74, 6) is 0.920. The number of amides is 1. The summed E-state index contributed by atoms with van der Waals surface area (Å²) in [6.07, 6.45) is 3.01. The zero-order chi connectivity index (χ0) is 14.7. The SMILES string of the molecule is O=C(NN=Cc1ccc2c(c1)OCO2)c1cccnc1Cl. The number of hydrogen-bond acceptors (Lipinski definition) is 5. The number of carbonyl (C=O) groups is 1. The topological polar surface area (TPSA) is 72.8 Å². The van der Waals surface area contributed by atoms with Gasteiger partial charge >= 0.3 is 0 Å². The van der Waals surface area contributed by atoms with Gasteiger partial charge in [0.1, 0.15) is 5.15 Å². The van der Waals surface area contributed by atoms with Crippen LogP contribution >= 0.6 is 11.6 Å². The molecule has 0 atom stereocenters. The van der Waals surface area contributed by atoms with Crippen molar-refractivity contribution in [2.75, 3.05) is 6.79 Å². The minimum Gasteiger partial charge on any atom is -0.454 e. The Hall–Kier alpha value is -2.60. The predicted molar refractivity (Wildman–Crippen MR) is 76.9 cm³/mol. The van der Waals surface area contributed by atoms with E-state index < -0.39 is 5.91 Å². The van der Waals surface area contributed by atoms with Gasteiger partial charge in [-0.25, -0.2) is 10.4 Å². The van der Waals surface area contributed by atoms with Crippen LogP contribution < -0.4 is 14.9 Å². The van der Waals surface area contributed by atoms with Crippen LogP contribution in [0.15, 0.2) is 41.6 Å². The molecule has 0 fully saturated rings. The lowest BCUT2D eigenvalue weighted by molar-refractivity contribution is 0.0955. The Balaban J connectivity index is 1.67. The largest absolute Gasteiger partial charge is 0.454 e. The van der Waals surface area contributed by atoms with E-state index in [2.05, 4.69) is 15.5 Å². The molecule has 3 rings (SSSR count). The summed E-state index contributed by atoms with van der Waals surface area (Å²) in [7, 11) is 0. The lowest BCUT2D eigenvalue weighted by Gasteiger charge is -2.01. The van der Waals surface area contributed by atoms with Crippen LogP contribution in [0.2, 0.25) is 5.15 Å². The molecule has 2 heterocycles. The fourth-order valence-corrected chi connectivity index (χ4v) is 1.98. The number of ether oxygens (including phenoxy) is 2. The second-order valence-electron chi connectivity index (χ2n) is 4.15. The molecule has 6 nitrogen and oxygen atoms in total. The normalized spacial score (nSPS) is 12.6. The standard InChI is InChI=1S/C14H10ClN3O3/c15-13-10(2-1-5-16-13)14(19)18-17-7-9-3-4-11-12(6-9)21-8-20-11/h1-7H,8H2,(H,18,19). The molecule has 1 amide bonds. The van der Waals surface area contributed by atoms with Crippen LogP contribution in [0, 0.1) is 0 Å². The quantitative estimate of drug-likeness (QED) is 0.536.